The highest BCUT2D eigenvalue weighted by Crippen LogP contribution is 2.26. The second kappa shape index (κ2) is 5.83. The molecule has 1 rings (SSSR count). The van der Waals surface area contributed by atoms with E-state index in [4.69, 9.17) is 10.8 Å². The minimum Gasteiger partial charge on any atom is -0.396 e. The fourth-order valence-electron chi connectivity index (χ4n) is 2.30. The lowest BCUT2D eigenvalue weighted by Gasteiger charge is -2.33. The van der Waals surface area contributed by atoms with Crippen molar-refractivity contribution in [1.29, 1.82) is 0 Å². The SMILES string of the molecule is CC(C)(C)[C@@H](N)C(=O)N1CCCC1CCCO. The average molecular weight is 242 g/mol. The fourth-order valence-corrected chi connectivity index (χ4v) is 2.30. The first-order chi connectivity index (χ1) is 7.88. The predicted molar refractivity (Wildman–Crippen MR) is 68.5 cm³/mol. The standard InChI is InChI=1S/C13H26N2O2/c1-13(2,3)11(14)12(17)15-8-4-6-10(15)7-5-9-16/h10-11,16H,4-9,14H2,1-3H3/t10?,11-/m0/s1. The number of aliphatic hydroxyl groups is 1. The smallest absolute Gasteiger partial charge is 0.240 e. The Hall–Kier alpha value is -0.610. The van der Waals surface area contributed by atoms with Gasteiger partial charge < -0.3 is 15.7 Å². The molecule has 100 valence electrons. The van der Waals surface area contributed by atoms with Crippen molar-refractivity contribution in [3.63, 3.8) is 0 Å². The largest absolute Gasteiger partial charge is 0.396 e. The molecule has 1 heterocycles. The van der Waals surface area contributed by atoms with Gasteiger partial charge in [0, 0.05) is 19.2 Å². The van der Waals surface area contributed by atoms with E-state index in [9.17, 15) is 4.79 Å². The third kappa shape index (κ3) is 3.68. The van der Waals surface area contributed by atoms with Gasteiger partial charge in [0.15, 0.2) is 0 Å². The van der Waals surface area contributed by atoms with Gasteiger partial charge in [0.05, 0.1) is 6.04 Å². The highest BCUT2D eigenvalue weighted by molar-refractivity contribution is 5.83. The Morgan fingerprint density at radius 2 is 2.18 bits per heavy atom. The van der Waals surface area contributed by atoms with Crippen molar-refractivity contribution >= 4 is 5.91 Å². The van der Waals surface area contributed by atoms with Crippen LogP contribution < -0.4 is 5.73 Å². The molecule has 1 aliphatic rings. The van der Waals surface area contributed by atoms with Crippen LogP contribution in [0.4, 0.5) is 0 Å². The molecule has 1 saturated heterocycles. The van der Waals surface area contributed by atoms with Crippen molar-refractivity contribution in [3.8, 4) is 0 Å². The van der Waals surface area contributed by atoms with Gasteiger partial charge in [-0.3, -0.25) is 4.79 Å². The van der Waals surface area contributed by atoms with Gasteiger partial charge >= 0.3 is 0 Å². The summed E-state index contributed by atoms with van der Waals surface area (Å²) in [5.74, 6) is 0.0675. The van der Waals surface area contributed by atoms with Crippen molar-refractivity contribution < 1.29 is 9.90 Å². The van der Waals surface area contributed by atoms with Crippen LogP contribution in [-0.2, 0) is 4.79 Å². The van der Waals surface area contributed by atoms with Crippen LogP contribution in [0.15, 0.2) is 0 Å². The number of aliphatic hydroxyl groups excluding tert-OH is 1. The Morgan fingerprint density at radius 3 is 2.71 bits per heavy atom. The lowest BCUT2D eigenvalue weighted by Crippen LogP contribution is -2.51. The van der Waals surface area contributed by atoms with E-state index in [0.29, 0.717) is 0 Å². The lowest BCUT2D eigenvalue weighted by atomic mass is 9.86. The summed E-state index contributed by atoms with van der Waals surface area (Å²) in [4.78, 5) is 14.2. The Morgan fingerprint density at radius 1 is 1.53 bits per heavy atom. The second-order valence-electron chi connectivity index (χ2n) is 6.04. The number of nitrogens with zero attached hydrogens (tertiary/aromatic N) is 1. The molecule has 2 atom stereocenters. The van der Waals surface area contributed by atoms with Gasteiger partial charge in [-0.05, 0) is 31.1 Å². The molecule has 0 radical (unpaired) electrons. The molecule has 4 nitrogen and oxygen atoms in total. The van der Waals surface area contributed by atoms with Gasteiger partial charge in [-0.15, -0.1) is 0 Å². The molecule has 4 heteroatoms. The number of carbonyl (C=O) groups is 1. The Balaban J connectivity index is 2.61. The Labute approximate surface area is 104 Å². The van der Waals surface area contributed by atoms with Gasteiger partial charge in [-0.1, -0.05) is 20.8 Å². The highest BCUT2D eigenvalue weighted by Gasteiger charge is 2.35. The van der Waals surface area contributed by atoms with Gasteiger partial charge in [0.25, 0.3) is 0 Å². The minimum absolute atomic E-state index is 0.0675. The zero-order chi connectivity index (χ0) is 13.1. The summed E-state index contributed by atoms with van der Waals surface area (Å²) in [6.45, 7) is 7.00. The number of carbonyl (C=O) groups excluding carboxylic acids is 1. The van der Waals surface area contributed by atoms with Crippen molar-refractivity contribution in [2.45, 2.75) is 58.5 Å². The molecule has 1 amide bonds. The number of likely N-dealkylation sites (tertiary alicyclic amines) is 1. The van der Waals surface area contributed by atoms with Crippen molar-refractivity contribution in [2.24, 2.45) is 11.1 Å². The topological polar surface area (TPSA) is 66.6 Å². The summed E-state index contributed by atoms with van der Waals surface area (Å²) < 4.78 is 0. The maximum absolute atomic E-state index is 12.3. The van der Waals surface area contributed by atoms with Gasteiger partial charge in [-0.25, -0.2) is 0 Å². The summed E-state index contributed by atoms with van der Waals surface area (Å²) in [5, 5.41) is 8.86. The summed E-state index contributed by atoms with van der Waals surface area (Å²) >= 11 is 0. The van der Waals surface area contributed by atoms with Crippen LogP contribution in [-0.4, -0.2) is 41.1 Å². The van der Waals surface area contributed by atoms with Crippen molar-refractivity contribution in [3.05, 3.63) is 0 Å². The van der Waals surface area contributed by atoms with Gasteiger partial charge in [0.2, 0.25) is 5.91 Å². The molecule has 0 aromatic rings. The van der Waals surface area contributed by atoms with Crippen LogP contribution in [0, 0.1) is 5.41 Å². The summed E-state index contributed by atoms with van der Waals surface area (Å²) in [5.41, 5.74) is 5.83. The molecule has 3 N–H and O–H groups in total. The monoisotopic (exact) mass is 242 g/mol. The molecular weight excluding hydrogens is 216 g/mol. The van der Waals surface area contributed by atoms with E-state index in [1.807, 2.05) is 25.7 Å². The third-order valence-corrected chi connectivity index (χ3v) is 3.55. The Bertz CT molecular complexity index is 261. The van der Waals surface area contributed by atoms with E-state index < -0.39 is 6.04 Å². The molecule has 0 saturated carbocycles. The molecule has 1 fully saturated rings. The third-order valence-electron chi connectivity index (χ3n) is 3.55. The summed E-state index contributed by atoms with van der Waals surface area (Å²) in [7, 11) is 0. The van der Waals surface area contributed by atoms with Crippen LogP contribution in [0.1, 0.15) is 46.5 Å². The van der Waals surface area contributed by atoms with Crippen LogP contribution in [0.3, 0.4) is 0 Å². The van der Waals surface area contributed by atoms with Crippen molar-refractivity contribution in [2.75, 3.05) is 13.2 Å². The van der Waals surface area contributed by atoms with Crippen LogP contribution >= 0.6 is 0 Å². The first-order valence-corrected chi connectivity index (χ1v) is 6.55. The minimum atomic E-state index is -0.433. The van der Waals surface area contributed by atoms with Gasteiger partial charge in [-0.2, -0.15) is 0 Å². The van der Waals surface area contributed by atoms with Crippen LogP contribution in [0.5, 0.6) is 0 Å². The fraction of sp³-hybridized carbons (Fsp3) is 0.923. The predicted octanol–water partition coefficient (Wildman–Crippen LogP) is 1.12. The number of rotatable bonds is 4. The first-order valence-electron chi connectivity index (χ1n) is 6.55. The molecule has 17 heavy (non-hydrogen) atoms. The number of amides is 1. The van der Waals surface area contributed by atoms with Crippen LogP contribution in [0.2, 0.25) is 0 Å². The van der Waals surface area contributed by atoms with Gasteiger partial charge in [0.1, 0.15) is 0 Å². The van der Waals surface area contributed by atoms with Crippen LogP contribution in [0.25, 0.3) is 0 Å². The average Bonchev–Trinajstić information content (AvgIpc) is 2.71. The lowest BCUT2D eigenvalue weighted by molar-refractivity contribution is -0.135. The maximum atomic E-state index is 12.3. The molecule has 0 bridgehead atoms. The number of hydrogen-bond acceptors (Lipinski definition) is 3. The Kier molecular flexibility index (Phi) is 4.95. The summed E-state index contributed by atoms with van der Waals surface area (Å²) in [6.07, 6.45) is 3.75. The molecule has 1 aliphatic heterocycles. The van der Waals surface area contributed by atoms with Crippen molar-refractivity contribution in [1.82, 2.24) is 4.90 Å². The van der Waals surface area contributed by atoms with E-state index in [0.717, 1.165) is 32.2 Å². The number of hydrogen-bond donors (Lipinski definition) is 2. The molecule has 1 unspecified atom stereocenters. The molecule has 0 spiro atoms. The molecule has 0 aliphatic carbocycles. The number of nitrogens with two attached hydrogens (primary N) is 1. The van der Waals surface area contributed by atoms with E-state index in [2.05, 4.69) is 0 Å². The molecule has 0 aromatic carbocycles. The highest BCUT2D eigenvalue weighted by atomic mass is 16.3. The zero-order valence-corrected chi connectivity index (χ0v) is 11.3. The normalized spacial score (nSPS) is 22.9. The van der Waals surface area contributed by atoms with E-state index in [-0.39, 0.29) is 24.0 Å². The molecular formula is C13H26N2O2. The van der Waals surface area contributed by atoms with E-state index >= 15 is 0 Å². The summed E-state index contributed by atoms with van der Waals surface area (Å²) in [6, 6.07) is -0.153. The molecule has 0 aromatic heterocycles. The van der Waals surface area contributed by atoms with E-state index in [1.54, 1.807) is 0 Å². The first kappa shape index (κ1) is 14.5. The zero-order valence-electron chi connectivity index (χ0n) is 11.3. The maximum Gasteiger partial charge on any atom is 0.240 e. The second-order valence-corrected chi connectivity index (χ2v) is 6.04. The van der Waals surface area contributed by atoms with E-state index in [1.165, 1.54) is 0 Å². The quantitative estimate of drug-likeness (QED) is 0.776.